The predicted molar refractivity (Wildman–Crippen MR) is 75.5 cm³/mol. The lowest BCUT2D eigenvalue weighted by atomic mass is 9.80. The van der Waals surface area contributed by atoms with Gasteiger partial charge in [-0.1, -0.05) is 26.7 Å². The molecule has 3 atom stereocenters. The van der Waals surface area contributed by atoms with Crippen molar-refractivity contribution >= 4 is 5.97 Å². The Morgan fingerprint density at radius 2 is 1.85 bits per heavy atom. The molecule has 0 saturated heterocycles. The van der Waals surface area contributed by atoms with Crippen LogP contribution in [0.1, 0.15) is 43.5 Å². The van der Waals surface area contributed by atoms with Crippen LogP contribution in [0.2, 0.25) is 0 Å². The van der Waals surface area contributed by atoms with Gasteiger partial charge in [0.1, 0.15) is 11.9 Å². The molecule has 0 amide bonds. The molecular formula is C16H22O4. The van der Waals surface area contributed by atoms with Crippen LogP contribution in [0.5, 0.6) is 5.75 Å². The molecule has 1 aromatic rings. The molecule has 20 heavy (non-hydrogen) atoms. The van der Waals surface area contributed by atoms with Crippen LogP contribution in [0.4, 0.5) is 0 Å². The van der Waals surface area contributed by atoms with E-state index in [2.05, 4.69) is 13.8 Å². The summed E-state index contributed by atoms with van der Waals surface area (Å²) in [5, 5.41) is 0. The Balaban J connectivity index is 1.87. The molecule has 0 heterocycles. The summed E-state index contributed by atoms with van der Waals surface area (Å²) < 4.78 is 5.05. The molecule has 0 N–H and O–H groups in total. The summed E-state index contributed by atoms with van der Waals surface area (Å²) in [4.78, 5) is 22.2. The minimum atomic E-state index is -0.460. The monoisotopic (exact) mass is 278 g/mol. The molecule has 110 valence electrons. The topological polar surface area (TPSA) is 44.8 Å². The minimum absolute atomic E-state index is 0.000878. The van der Waals surface area contributed by atoms with Crippen molar-refractivity contribution in [3.63, 3.8) is 0 Å². The van der Waals surface area contributed by atoms with Gasteiger partial charge >= 0.3 is 5.97 Å². The highest BCUT2D eigenvalue weighted by atomic mass is 17.2. The molecule has 2 rings (SSSR count). The second-order valence-electron chi connectivity index (χ2n) is 5.50. The van der Waals surface area contributed by atoms with Crippen LogP contribution < -0.4 is 4.74 Å². The largest absolute Gasteiger partial charge is 0.497 e. The van der Waals surface area contributed by atoms with Crippen molar-refractivity contribution in [1.29, 1.82) is 0 Å². The lowest BCUT2D eigenvalue weighted by Gasteiger charge is -2.32. The van der Waals surface area contributed by atoms with Gasteiger partial charge in [0.05, 0.1) is 12.7 Å². The summed E-state index contributed by atoms with van der Waals surface area (Å²) in [7, 11) is 1.59. The molecule has 1 saturated carbocycles. The number of hydrogen-bond donors (Lipinski definition) is 0. The van der Waals surface area contributed by atoms with Crippen LogP contribution in [0, 0.1) is 11.8 Å². The van der Waals surface area contributed by atoms with Crippen molar-refractivity contribution < 1.29 is 19.3 Å². The molecule has 3 unspecified atom stereocenters. The third kappa shape index (κ3) is 3.51. The van der Waals surface area contributed by atoms with Crippen molar-refractivity contribution in [1.82, 2.24) is 0 Å². The third-order valence-corrected chi connectivity index (χ3v) is 4.21. The lowest BCUT2D eigenvalue weighted by Crippen LogP contribution is -2.31. The Bertz CT molecular complexity index is 440. The van der Waals surface area contributed by atoms with Gasteiger partial charge in [0.2, 0.25) is 0 Å². The number of hydrogen-bond acceptors (Lipinski definition) is 4. The van der Waals surface area contributed by atoms with E-state index in [4.69, 9.17) is 14.5 Å². The Labute approximate surface area is 120 Å². The van der Waals surface area contributed by atoms with Crippen molar-refractivity contribution in [3.05, 3.63) is 29.8 Å². The Hall–Kier alpha value is -1.55. The van der Waals surface area contributed by atoms with Crippen LogP contribution >= 0.6 is 0 Å². The van der Waals surface area contributed by atoms with Crippen molar-refractivity contribution in [2.24, 2.45) is 11.8 Å². The predicted octanol–water partition coefficient (Wildman–Crippen LogP) is 3.61. The molecule has 0 aromatic heterocycles. The van der Waals surface area contributed by atoms with Gasteiger partial charge in [0.25, 0.3) is 0 Å². The Kier molecular flexibility index (Phi) is 5.01. The van der Waals surface area contributed by atoms with Gasteiger partial charge in [0, 0.05) is 0 Å². The second-order valence-corrected chi connectivity index (χ2v) is 5.50. The smallest absolute Gasteiger partial charge is 0.373 e. The molecule has 0 bridgehead atoms. The maximum absolute atomic E-state index is 11.9. The van der Waals surface area contributed by atoms with E-state index in [0.29, 0.717) is 23.1 Å². The van der Waals surface area contributed by atoms with E-state index >= 15 is 0 Å². The number of methoxy groups -OCH3 is 1. The first-order valence-corrected chi connectivity index (χ1v) is 7.13. The van der Waals surface area contributed by atoms with E-state index < -0.39 is 5.97 Å². The Morgan fingerprint density at radius 3 is 2.50 bits per heavy atom. The van der Waals surface area contributed by atoms with Crippen molar-refractivity contribution in [3.8, 4) is 5.75 Å². The number of carbonyl (C=O) groups is 1. The summed E-state index contributed by atoms with van der Waals surface area (Å²) in [5.74, 6) is 1.26. The molecule has 0 spiro atoms. The zero-order chi connectivity index (χ0) is 14.5. The van der Waals surface area contributed by atoms with E-state index in [1.54, 1.807) is 31.4 Å². The fourth-order valence-electron chi connectivity index (χ4n) is 2.55. The van der Waals surface area contributed by atoms with Crippen molar-refractivity contribution in [2.75, 3.05) is 7.11 Å². The SMILES string of the molecule is COc1ccc(C(=O)OOC2CCCC(C)C2C)cc1. The third-order valence-electron chi connectivity index (χ3n) is 4.21. The van der Waals surface area contributed by atoms with Crippen LogP contribution in [-0.2, 0) is 9.78 Å². The molecule has 1 fully saturated rings. The normalized spacial score (nSPS) is 26.1. The zero-order valence-electron chi connectivity index (χ0n) is 12.3. The number of rotatable bonds is 4. The second kappa shape index (κ2) is 6.75. The van der Waals surface area contributed by atoms with Crippen LogP contribution in [-0.4, -0.2) is 19.2 Å². The molecule has 0 radical (unpaired) electrons. The van der Waals surface area contributed by atoms with Crippen LogP contribution in [0.25, 0.3) is 0 Å². The summed E-state index contributed by atoms with van der Waals surface area (Å²) in [6.07, 6.45) is 3.28. The van der Waals surface area contributed by atoms with E-state index in [0.717, 1.165) is 12.8 Å². The summed E-state index contributed by atoms with van der Waals surface area (Å²) in [5.41, 5.74) is 0.460. The molecule has 1 aromatic carbocycles. The average Bonchev–Trinajstić information content (AvgIpc) is 2.48. The van der Waals surface area contributed by atoms with E-state index in [1.165, 1.54) is 6.42 Å². The number of ether oxygens (including phenoxy) is 1. The molecular weight excluding hydrogens is 256 g/mol. The molecule has 4 nitrogen and oxygen atoms in total. The lowest BCUT2D eigenvalue weighted by molar-refractivity contribution is -0.292. The highest BCUT2D eigenvalue weighted by Crippen LogP contribution is 2.31. The minimum Gasteiger partial charge on any atom is -0.497 e. The highest BCUT2D eigenvalue weighted by molar-refractivity contribution is 5.89. The molecule has 1 aliphatic carbocycles. The summed E-state index contributed by atoms with van der Waals surface area (Å²) >= 11 is 0. The van der Waals surface area contributed by atoms with Crippen molar-refractivity contribution in [2.45, 2.75) is 39.2 Å². The summed E-state index contributed by atoms with van der Waals surface area (Å²) in [6.45, 7) is 4.36. The van der Waals surface area contributed by atoms with Gasteiger partial charge in [-0.3, -0.25) is 4.89 Å². The van der Waals surface area contributed by atoms with Gasteiger partial charge < -0.3 is 4.74 Å². The van der Waals surface area contributed by atoms with E-state index in [-0.39, 0.29) is 6.10 Å². The Morgan fingerprint density at radius 1 is 1.15 bits per heavy atom. The fraction of sp³-hybridized carbons (Fsp3) is 0.562. The maximum Gasteiger partial charge on any atom is 0.373 e. The zero-order valence-corrected chi connectivity index (χ0v) is 12.3. The first-order valence-electron chi connectivity index (χ1n) is 7.13. The van der Waals surface area contributed by atoms with Gasteiger partial charge in [-0.2, -0.15) is 4.89 Å². The van der Waals surface area contributed by atoms with E-state index in [9.17, 15) is 4.79 Å². The molecule has 0 aliphatic heterocycles. The van der Waals surface area contributed by atoms with Gasteiger partial charge in [-0.05, 0) is 42.5 Å². The first kappa shape index (κ1) is 14.9. The molecule has 4 heteroatoms. The fourth-order valence-corrected chi connectivity index (χ4v) is 2.55. The quantitative estimate of drug-likeness (QED) is 0.623. The van der Waals surface area contributed by atoms with Gasteiger partial charge in [0.15, 0.2) is 0 Å². The van der Waals surface area contributed by atoms with Gasteiger partial charge in [-0.15, -0.1) is 0 Å². The maximum atomic E-state index is 11.9. The number of benzene rings is 1. The first-order chi connectivity index (χ1) is 9.61. The van der Waals surface area contributed by atoms with Crippen LogP contribution in [0.3, 0.4) is 0 Å². The standard InChI is InChI=1S/C16H22O4/c1-11-5-4-6-15(12(11)2)19-20-16(17)13-7-9-14(18-3)10-8-13/h7-12,15H,4-6H2,1-3H3. The van der Waals surface area contributed by atoms with E-state index in [1.807, 2.05) is 0 Å². The summed E-state index contributed by atoms with van der Waals surface area (Å²) in [6, 6.07) is 6.78. The van der Waals surface area contributed by atoms with Gasteiger partial charge in [-0.25, -0.2) is 4.79 Å². The number of carbonyl (C=O) groups excluding carboxylic acids is 1. The highest BCUT2D eigenvalue weighted by Gasteiger charge is 2.29. The molecule has 1 aliphatic rings. The average molecular weight is 278 g/mol. The van der Waals surface area contributed by atoms with Crippen LogP contribution in [0.15, 0.2) is 24.3 Å².